The van der Waals surface area contributed by atoms with Crippen LogP contribution in [0.25, 0.3) is 16.7 Å². The minimum absolute atomic E-state index is 0.0809. The molecule has 0 saturated heterocycles. The maximum Gasteiger partial charge on any atom is 0.354 e. The van der Waals surface area contributed by atoms with Gasteiger partial charge in [-0.15, -0.1) is 0 Å². The Morgan fingerprint density at radius 3 is 2.31 bits per heavy atom. The van der Waals surface area contributed by atoms with Crippen molar-refractivity contribution in [3.05, 3.63) is 36.6 Å². The lowest BCUT2D eigenvalue weighted by Gasteiger charge is -2.27. The van der Waals surface area contributed by atoms with E-state index in [0.717, 1.165) is 10.4 Å². The van der Waals surface area contributed by atoms with Crippen molar-refractivity contribution in [2.45, 2.75) is 77.7 Å². The zero-order valence-electron chi connectivity index (χ0n) is 24.5. The Kier molecular flexibility index (Phi) is 10.9. The van der Waals surface area contributed by atoms with Crippen LogP contribution in [0.2, 0.25) is 0 Å². The molecule has 0 radical (unpaired) electrons. The monoisotopic (exact) mass is 624 g/mol. The van der Waals surface area contributed by atoms with Crippen LogP contribution >= 0.6 is 19.8 Å². The third kappa shape index (κ3) is 9.58. The number of aromatic nitrogens is 4. The van der Waals surface area contributed by atoms with E-state index in [1.54, 1.807) is 46.1 Å². The lowest BCUT2D eigenvalue weighted by atomic mass is 10.0. The molecule has 15 heteroatoms. The fourth-order valence-electron chi connectivity index (χ4n) is 3.87. The van der Waals surface area contributed by atoms with Crippen molar-refractivity contribution in [1.29, 1.82) is 0 Å². The maximum atomic E-state index is 12.8. The highest BCUT2D eigenvalue weighted by molar-refractivity contribution is 7.80. The molecule has 2 unspecified atom stereocenters. The van der Waals surface area contributed by atoms with Gasteiger partial charge >= 0.3 is 19.5 Å². The average molecular weight is 625 g/mol. The van der Waals surface area contributed by atoms with E-state index in [4.69, 9.17) is 31.0 Å². The Labute approximate surface area is 249 Å². The van der Waals surface area contributed by atoms with E-state index in [-0.39, 0.29) is 19.6 Å². The molecular formula is C27H37N4O9PS. The Bertz CT molecular complexity index is 1400. The van der Waals surface area contributed by atoms with Crippen molar-refractivity contribution in [1.82, 2.24) is 19.5 Å². The summed E-state index contributed by atoms with van der Waals surface area (Å²) in [6.07, 6.45) is 6.62. The number of carbonyl (C=O) groups excluding carboxylic acids is 2. The molecule has 2 aromatic heterocycles. The molecule has 1 aliphatic rings. The first-order chi connectivity index (χ1) is 19.5. The molecule has 1 aliphatic carbocycles. The number of nitrogens with zero attached hydrogens (tertiary/aromatic N) is 4. The molecule has 0 spiro atoms. The third-order valence-electron chi connectivity index (χ3n) is 5.53. The number of esters is 2. The summed E-state index contributed by atoms with van der Waals surface area (Å²) in [7, 11) is -4.63. The number of allylic oxidation sites excluding steroid dienone is 4. The van der Waals surface area contributed by atoms with Crippen LogP contribution in [0, 0.1) is 0 Å². The molecule has 13 nitrogen and oxygen atoms in total. The minimum atomic E-state index is -4.63. The van der Waals surface area contributed by atoms with Crippen LogP contribution in [0.5, 0.6) is 0 Å². The van der Waals surface area contributed by atoms with Crippen LogP contribution in [0.3, 0.4) is 0 Å². The molecule has 0 aliphatic heterocycles. The highest BCUT2D eigenvalue weighted by Gasteiger charge is 2.41. The van der Waals surface area contributed by atoms with E-state index in [9.17, 15) is 24.2 Å². The zero-order chi connectivity index (χ0) is 31.3. The van der Waals surface area contributed by atoms with Crippen LogP contribution in [-0.2, 0) is 32.9 Å². The van der Waals surface area contributed by atoms with Crippen LogP contribution < -0.4 is 0 Å². The van der Waals surface area contributed by atoms with Crippen molar-refractivity contribution < 1.29 is 42.9 Å². The average Bonchev–Trinajstić information content (AvgIpc) is 3.29. The molecule has 2 N–H and O–H groups in total. The molecule has 0 fully saturated rings. The SMILES string of the molecule is CC(C)(C)OC(=O)C(OP(=O)(O)COCCC(CO)n1cnc2c(C3=CC(=S)CC=C3)ncnc21)C(=O)OC(C)(C)C. The van der Waals surface area contributed by atoms with Crippen molar-refractivity contribution in [3.63, 3.8) is 0 Å². The summed E-state index contributed by atoms with van der Waals surface area (Å²) < 4.78 is 35.2. The van der Waals surface area contributed by atoms with Crippen LogP contribution in [-0.4, -0.2) is 83.2 Å². The second-order valence-electron chi connectivity index (χ2n) is 11.6. The molecule has 2 heterocycles. The van der Waals surface area contributed by atoms with Crippen LogP contribution in [0.1, 0.15) is 66.1 Å². The van der Waals surface area contributed by atoms with Gasteiger partial charge in [0.2, 0.25) is 0 Å². The van der Waals surface area contributed by atoms with Gasteiger partial charge in [-0.05, 0) is 54.0 Å². The van der Waals surface area contributed by atoms with E-state index in [0.29, 0.717) is 23.3 Å². The zero-order valence-corrected chi connectivity index (χ0v) is 26.2. The van der Waals surface area contributed by atoms with Crippen LogP contribution in [0.4, 0.5) is 0 Å². The van der Waals surface area contributed by atoms with Gasteiger partial charge in [0.15, 0.2) is 5.65 Å². The van der Waals surface area contributed by atoms with Gasteiger partial charge < -0.3 is 28.8 Å². The molecule has 2 atom stereocenters. The van der Waals surface area contributed by atoms with E-state index in [1.807, 2.05) is 18.2 Å². The molecule has 42 heavy (non-hydrogen) atoms. The first-order valence-corrected chi connectivity index (χ1v) is 15.4. The third-order valence-corrected chi connectivity index (χ3v) is 6.86. The number of imidazole rings is 1. The smallest absolute Gasteiger partial charge is 0.354 e. The molecule has 0 amide bonds. The largest absolute Gasteiger partial charge is 0.458 e. The van der Waals surface area contributed by atoms with Gasteiger partial charge in [-0.1, -0.05) is 24.4 Å². The lowest BCUT2D eigenvalue weighted by Crippen LogP contribution is -2.42. The van der Waals surface area contributed by atoms with E-state index in [2.05, 4.69) is 15.0 Å². The Balaban J connectivity index is 1.66. The first-order valence-electron chi connectivity index (χ1n) is 13.2. The predicted molar refractivity (Wildman–Crippen MR) is 158 cm³/mol. The first kappa shape index (κ1) is 33.6. The van der Waals surface area contributed by atoms with Gasteiger partial charge in [0.25, 0.3) is 6.10 Å². The summed E-state index contributed by atoms with van der Waals surface area (Å²) in [6.45, 7) is 9.07. The second kappa shape index (κ2) is 13.6. The van der Waals surface area contributed by atoms with Gasteiger partial charge in [-0.3, -0.25) is 9.09 Å². The Morgan fingerprint density at radius 2 is 1.74 bits per heavy atom. The number of ether oxygens (including phenoxy) is 3. The van der Waals surface area contributed by atoms with E-state index >= 15 is 0 Å². The van der Waals surface area contributed by atoms with Gasteiger partial charge in [0.1, 0.15) is 35.1 Å². The molecule has 230 valence electrons. The van der Waals surface area contributed by atoms with Crippen molar-refractivity contribution in [2.75, 3.05) is 19.6 Å². The standard InChI is InChI=1S/C27H37N4O9PS/c1-26(2,3)38-24(33)22(25(34)39-27(4,5)6)40-41(35,36)16-37-11-10-18(13-32)31-15-30-21-20(28-14-29-23(21)31)17-8-7-9-19(42)12-17/h7-8,12,14-15,18,22,32H,9-11,13,16H2,1-6H3,(H,35,36). The number of aliphatic hydroxyl groups is 1. The topological polar surface area (TPSA) is 172 Å². The Morgan fingerprint density at radius 1 is 1.10 bits per heavy atom. The fraction of sp³-hybridized carbons (Fsp3) is 0.556. The van der Waals surface area contributed by atoms with Gasteiger partial charge in [0.05, 0.1) is 19.0 Å². The summed E-state index contributed by atoms with van der Waals surface area (Å²) in [5, 5.41) is 10.1. The van der Waals surface area contributed by atoms with Gasteiger partial charge in [0, 0.05) is 23.5 Å². The summed E-state index contributed by atoms with van der Waals surface area (Å²) >= 11 is 5.31. The summed E-state index contributed by atoms with van der Waals surface area (Å²) in [5.74, 6) is -2.33. The highest BCUT2D eigenvalue weighted by atomic mass is 32.1. The number of rotatable bonds is 12. The number of carbonyl (C=O) groups is 2. The number of aliphatic hydroxyl groups excluding tert-OH is 1. The summed E-state index contributed by atoms with van der Waals surface area (Å²) in [6, 6.07) is -0.537. The molecule has 2 aromatic rings. The number of thiocarbonyl (C=S) groups is 1. The summed E-state index contributed by atoms with van der Waals surface area (Å²) in [5.41, 5.74) is 0.446. The second-order valence-corrected chi connectivity index (χ2v) is 13.8. The molecule has 3 rings (SSSR count). The maximum absolute atomic E-state index is 12.8. The normalized spacial score (nSPS) is 16.3. The van der Waals surface area contributed by atoms with Gasteiger partial charge in [-0.25, -0.2) is 24.5 Å². The number of hydrogen-bond donors (Lipinski definition) is 2. The van der Waals surface area contributed by atoms with E-state index in [1.165, 1.54) is 12.7 Å². The summed E-state index contributed by atoms with van der Waals surface area (Å²) in [4.78, 5) is 49.5. The highest BCUT2D eigenvalue weighted by Crippen LogP contribution is 2.44. The van der Waals surface area contributed by atoms with Crippen molar-refractivity contribution in [2.24, 2.45) is 0 Å². The van der Waals surface area contributed by atoms with Crippen molar-refractivity contribution >= 4 is 53.4 Å². The van der Waals surface area contributed by atoms with E-state index < -0.39 is 49.2 Å². The van der Waals surface area contributed by atoms with Crippen LogP contribution in [0.15, 0.2) is 30.9 Å². The van der Waals surface area contributed by atoms with Crippen molar-refractivity contribution in [3.8, 4) is 0 Å². The van der Waals surface area contributed by atoms with Gasteiger partial charge in [-0.2, -0.15) is 0 Å². The lowest BCUT2D eigenvalue weighted by molar-refractivity contribution is -0.179. The molecule has 0 aromatic carbocycles. The Hall–Kier alpha value is -2.87. The molecular weight excluding hydrogens is 587 g/mol. The number of fused-ring (bicyclic) bond motifs is 1. The number of hydrogen-bond acceptors (Lipinski definition) is 12. The molecule has 0 bridgehead atoms. The minimum Gasteiger partial charge on any atom is -0.458 e. The predicted octanol–water partition coefficient (Wildman–Crippen LogP) is 3.69. The molecule has 0 saturated carbocycles. The quantitative estimate of drug-likeness (QED) is 0.115. The fourth-order valence-corrected chi connectivity index (χ4v) is 5.01.